The van der Waals surface area contributed by atoms with Gasteiger partial charge in [-0.05, 0) is 12.5 Å². The minimum Gasteiger partial charge on any atom is -0.493 e. The van der Waals surface area contributed by atoms with Crippen molar-refractivity contribution in [2.45, 2.75) is 19.4 Å². The first-order chi connectivity index (χ1) is 9.36. The Kier molecular flexibility index (Phi) is 5.63. The Bertz CT molecular complexity index is 378. The molecule has 4 heteroatoms. The molecule has 0 aliphatic carbocycles. The standard InChI is InChI=1S/C15H24N2O2/c1-2-9-19-15-6-4-3-5-13(15)14(12-16)17-7-10-18-11-8-17/h3-6,14H,2,7-12,16H2,1H3. The maximum absolute atomic E-state index is 6.00. The van der Waals surface area contributed by atoms with Crippen LogP contribution in [-0.4, -0.2) is 44.4 Å². The smallest absolute Gasteiger partial charge is 0.124 e. The van der Waals surface area contributed by atoms with E-state index in [1.54, 1.807) is 0 Å². The summed E-state index contributed by atoms with van der Waals surface area (Å²) in [6.45, 7) is 6.91. The summed E-state index contributed by atoms with van der Waals surface area (Å²) < 4.78 is 11.3. The van der Waals surface area contributed by atoms with E-state index in [1.165, 1.54) is 5.56 Å². The number of para-hydroxylation sites is 1. The summed E-state index contributed by atoms with van der Waals surface area (Å²) in [4.78, 5) is 2.39. The normalized spacial score (nSPS) is 18.2. The number of ether oxygens (including phenoxy) is 2. The maximum Gasteiger partial charge on any atom is 0.124 e. The molecule has 1 saturated heterocycles. The predicted molar refractivity (Wildman–Crippen MR) is 76.4 cm³/mol. The molecule has 1 atom stereocenters. The Balaban J connectivity index is 2.16. The number of nitrogens with zero attached hydrogens (tertiary/aromatic N) is 1. The highest BCUT2D eigenvalue weighted by atomic mass is 16.5. The van der Waals surface area contributed by atoms with Crippen molar-refractivity contribution >= 4 is 0 Å². The van der Waals surface area contributed by atoms with Gasteiger partial charge >= 0.3 is 0 Å². The average molecular weight is 264 g/mol. The zero-order valence-electron chi connectivity index (χ0n) is 11.7. The van der Waals surface area contributed by atoms with Gasteiger partial charge in [-0.1, -0.05) is 25.1 Å². The van der Waals surface area contributed by atoms with Crippen molar-refractivity contribution in [3.63, 3.8) is 0 Å². The van der Waals surface area contributed by atoms with Crippen LogP contribution in [0.4, 0.5) is 0 Å². The van der Waals surface area contributed by atoms with Crippen LogP contribution >= 0.6 is 0 Å². The van der Waals surface area contributed by atoms with E-state index in [-0.39, 0.29) is 6.04 Å². The lowest BCUT2D eigenvalue weighted by atomic mass is 10.0. The van der Waals surface area contributed by atoms with Gasteiger partial charge in [0.25, 0.3) is 0 Å². The van der Waals surface area contributed by atoms with Crippen molar-refractivity contribution < 1.29 is 9.47 Å². The molecule has 2 rings (SSSR count). The second-order valence-electron chi connectivity index (χ2n) is 4.79. The Morgan fingerprint density at radius 3 is 2.74 bits per heavy atom. The van der Waals surface area contributed by atoms with Gasteiger partial charge in [-0.2, -0.15) is 0 Å². The number of nitrogens with two attached hydrogens (primary N) is 1. The third kappa shape index (κ3) is 3.69. The second kappa shape index (κ2) is 7.48. The van der Waals surface area contributed by atoms with Crippen molar-refractivity contribution in [2.75, 3.05) is 39.5 Å². The van der Waals surface area contributed by atoms with Crippen molar-refractivity contribution in [3.05, 3.63) is 29.8 Å². The summed E-state index contributed by atoms with van der Waals surface area (Å²) in [6.07, 6.45) is 1.01. The van der Waals surface area contributed by atoms with E-state index in [1.807, 2.05) is 12.1 Å². The summed E-state index contributed by atoms with van der Waals surface area (Å²) in [6, 6.07) is 8.45. The minimum absolute atomic E-state index is 0.219. The highest BCUT2D eigenvalue weighted by Crippen LogP contribution is 2.29. The van der Waals surface area contributed by atoms with Gasteiger partial charge in [0, 0.05) is 25.2 Å². The largest absolute Gasteiger partial charge is 0.493 e. The summed E-state index contributed by atoms with van der Waals surface area (Å²) in [7, 11) is 0. The number of rotatable bonds is 6. The van der Waals surface area contributed by atoms with Gasteiger partial charge in [-0.3, -0.25) is 4.90 Å². The van der Waals surface area contributed by atoms with Crippen LogP contribution in [0, 0.1) is 0 Å². The Morgan fingerprint density at radius 1 is 1.32 bits per heavy atom. The minimum atomic E-state index is 0.219. The molecule has 0 amide bonds. The quantitative estimate of drug-likeness (QED) is 0.851. The molecule has 1 aromatic carbocycles. The van der Waals surface area contributed by atoms with Crippen LogP contribution in [0.1, 0.15) is 24.9 Å². The zero-order valence-corrected chi connectivity index (χ0v) is 11.7. The molecule has 4 nitrogen and oxygen atoms in total. The Labute approximate surface area is 115 Å². The molecule has 106 valence electrons. The van der Waals surface area contributed by atoms with Gasteiger partial charge in [0.15, 0.2) is 0 Å². The molecule has 1 aromatic rings. The van der Waals surface area contributed by atoms with E-state index < -0.39 is 0 Å². The molecule has 0 saturated carbocycles. The van der Waals surface area contributed by atoms with Gasteiger partial charge in [-0.25, -0.2) is 0 Å². The van der Waals surface area contributed by atoms with E-state index in [4.69, 9.17) is 15.2 Å². The molecule has 2 N–H and O–H groups in total. The fourth-order valence-electron chi connectivity index (χ4n) is 2.46. The second-order valence-corrected chi connectivity index (χ2v) is 4.79. The third-order valence-corrected chi connectivity index (χ3v) is 3.45. The van der Waals surface area contributed by atoms with Crippen molar-refractivity contribution in [1.82, 2.24) is 4.90 Å². The van der Waals surface area contributed by atoms with Crippen LogP contribution in [0.15, 0.2) is 24.3 Å². The molecular formula is C15H24N2O2. The van der Waals surface area contributed by atoms with E-state index >= 15 is 0 Å². The molecule has 1 aliphatic rings. The number of hydrogen-bond acceptors (Lipinski definition) is 4. The first kappa shape index (κ1) is 14.3. The summed E-state index contributed by atoms with van der Waals surface area (Å²) in [5, 5.41) is 0. The maximum atomic E-state index is 6.00. The van der Waals surface area contributed by atoms with Gasteiger partial charge in [0.1, 0.15) is 5.75 Å². The highest BCUT2D eigenvalue weighted by Gasteiger charge is 2.23. The summed E-state index contributed by atoms with van der Waals surface area (Å²) >= 11 is 0. The molecule has 1 heterocycles. The molecule has 1 fully saturated rings. The summed E-state index contributed by atoms with van der Waals surface area (Å²) in [5.74, 6) is 0.964. The number of benzene rings is 1. The molecule has 19 heavy (non-hydrogen) atoms. The average Bonchev–Trinajstić information content (AvgIpc) is 2.48. The topological polar surface area (TPSA) is 47.7 Å². The molecule has 1 unspecified atom stereocenters. The van der Waals surface area contributed by atoms with Crippen molar-refractivity contribution in [3.8, 4) is 5.75 Å². The fourth-order valence-corrected chi connectivity index (χ4v) is 2.46. The molecular weight excluding hydrogens is 240 g/mol. The van der Waals surface area contributed by atoms with E-state index in [2.05, 4.69) is 24.0 Å². The van der Waals surface area contributed by atoms with E-state index in [0.29, 0.717) is 6.54 Å². The van der Waals surface area contributed by atoms with Crippen LogP contribution in [-0.2, 0) is 4.74 Å². The molecule has 1 aliphatic heterocycles. The lowest BCUT2D eigenvalue weighted by molar-refractivity contribution is 0.0173. The monoisotopic (exact) mass is 264 g/mol. The number of hydrogen-bond donors (Lipinski definition) is 1. The Morgan fingerprint density at radius 2 is 2.05 bits per heavy atom. The van der Waals surface area contributed by atoms with Crippen molar-refractivity contribution in [2.24, 2.45) is 5.73 Å². The zero-order chi connectivity index (χ0) is 13.5. The fraction of sp³-hybridized carbons (Fsp3) is 0.600. The van der Waals surface area contributed by atoms with Crippen LogP contribution in [0.2, 0.25) is 0 Å². The van der Waals surface area contributed by atoms with Crippen LogP contribution in [0.3, 0.4) is 0 Å². The first-order valence-corrected chi connectivity index (χ1v) is 7.10. The SMILES string of the molecule is CCCOc1ccccc1C(CN)N1CCOCC1. The van der Waals surface area contributed by atoms with Gasteiger partial charge in [0.2, 0.25) is 0 Å². The predicted octanol–water partition coefficient (Wildman–Crippen LogP) is 1.81. The van der Waals surface area contributed by atoms with Gasteiger partial charge in [-0.15, -0.1) is 0 Å². The lowest BCUT2D eigenvalue weighted by Gasteiger charge is -2.34. The highest BCUT2D eigenvalue weighted by molar-refractivity contribution is 5.36. The van der Waals surface area contributed by atoms with Crippen LogP contribution in [0.25, 0.3) is 0 Å². The van der Waals surface area contributed by atoms with Crippen LogP contribution < -0.4 is 10.5 Å². The molecule has 0 bridgehead atoms. The lowest BCUT2D eigenvalue weighted by Crippen LogP contribution is -2.41. The van der Waals surface area contributed by atoms with Gasteiger partial charge in [0.05, 0.1) is 25.9 Å². The molecule has 0 radical (unpaired) electrons. The number of morpholine rings is 1. The van der Waals surface area contributed by atoms with Crippen LogP contribution in [0.5, 0.6) is 5.75 Å². The summed E-state index contributed by atoms with van der Waals surface area (Å²) in [5.41, 5.74) is 7.19. The van der Waals surface area contributed by atoms with E-state index in [9.17, 15) is 0 Å². The molecule has 0 spiro atoms. The first-order valence-electron chi connectivity index (χ1n) is 7.10. The van der Waals surface area contributed by atoms with Gasteiger partial charge < -0.3 is 15.2 Å². The van der Waals surface area contributed by atoms with E-state index in [0.717, 1.165) is 45.1 Å². The Hall–Kier alpha value is -1.10. The van der Waals surface area contributed by atoms with Crippen molar-refractivity contribution in [1.29, 1.82) is 0 Å². The third-order valence-electron chi connectivity index (χ3n) is 3.45. The molecule has 0 aromatic heterocycles.